The van der Waals surface area contributed by atoms with Crippen LogP contribution < -0.4 is 15.0 Å². The van der Waals surface area contributed by atoms with Gasteiger partial charge in [0, 0.05) is 17.7 Å². The van der Waals surface area contributed by atoms with Crippen LogP contribution in [0.25, 0.3) is 39.8 Å². The maximum Gasteiger partial charge on any atom is 0.331 e. The van der Waals surface area contributed by atoms with Gasteiger partial charge in [-0.25, -0.2) is 14.9 Å². The van der Waals surface area contributed by atoms with E-state index in [-0.39, 0.29) is 16.7 Å². The number of benzene rings is 2. The predicted octanol–water partition coefficient (Wildman–Crippen LogP) is 3.74. The SMILES string of the molecule is CCOc1cc(-c2ccc(OCCN3CCCC3)c(/C=C(\C)C(=O)O)c2)ccc1-c1nc2[nH]nnc2c(=O)[nH]1. The van der Waals surface area contributed by atoms with Crippen LogP contribution in [0.3, 0.4) is 0 Å². The van der Waals surface area contributed by atoms with Gasteiger partial charge in [0.15, 0.2) is 11.2 Å². The van der Waals surface area contributed by atoms with E-state index in [0.29, 0.717) is 41.7 Å². The second kappa shape index (κ2) is 11.5. The van der Waals surface area contributed by atoms with E-state index in [0.717, 1.165) is 30.8 Å². The Morgan fingerprint density at radius 3 is 2.64 bits per heavy atom. The van der Waals surface area contributed by atoms with Gasteiger partial charge in [-0.15, -0.1) is 5.10 Å². The van der Waals surface area contributed by atoms with Crippen molar-refractivity contribution in [3.8, 4) is 34.0 Å². The van der Waals surface area contributed by atoms with E-state index in [1.807, 2.05) is 43.3 Å². The van der Waals surface area contributed by atoms with Gasteiger partial charge >= 0.3 is 5.97 Å². The minimum atomic E-state index is -0.989. The van der Waals surface area contributed by atoms with Crippen molar-refractivity contribution in [3.05, 3.63) is 57.9 Å². The molecule has 2 aromatic carbocycles. The maximum absolute atomic E-state index is 12.4. The smallest absolute Gasteiger partial charge is 0.331 e. The highest BCUT2D eigenvalue weighted by atomic mass is 16.5. The lowest BCUT2D eigenvalue weighted by Crippen LogP contribution is -2.25. The molecule has 11 nitrogen and oxygen atoms in total. The molecule has 3 heterocycles. The molecule has 1 saturated heterocycles. The molecule has 1 aliphatic heterocycles. The molecule has 0 atom stereocenters. The standard InChI is InChI=1S/C28H30N6O5/c1-3-38-23-16-19(6-8-21(23)25-29-26-24(27(35)30-25)31-33-32-26)18-7-9-22(20(15-18)14-17(2)28(36)37)39-13-12-34-10-4-5-11-34/h6-9,14-16H,3-5,10-13H2,1-2H3,(H,36,37)(H2,29,30,31,32,33,35)/b17-14+. The molecule has 0 spiro atoms. The second-order valence-corrected chi connectivity index (χ2v) is 9.35. The van der Waals surface area contributed by atoms with Gasteiger partial charge in [-0.2, -0.15) is 0 Å². The van der Waals surface area contributed by atoms with Crippen molar-refractivity contribution < 1.29 is 19.4 Å². The van der Waals surface area contributed by atoms with E-state index in [4.69, 9.17) is 9.47 Å². The third-order valence-electron chi connectivity index (χ3n) is 6.65. The Hall–Kier alpha value is -4.51. The molecule has 0 aliphatic carbocycles. The number of fused-ring (bicyclic) bond motifs is 1. The molecule has 0 amide bonds. The van der Waals surface area contributed by atoms with Crippen LogP contribution in [0.15, 0.2) is 46.8 Å². The molecule has 11 heteroatoms. The monoisotopic (exact) mass is 530 g/mol. The van der Waals surface area contributed by atoms with Crippen molar-refractivity contribution in [1.29, 1.82) is 0 Å². The third-order valence-corrected chi connectivity index (χ3v) is 6.65. The van der Waals surface area contributed by atoms with Gasteiger partial charge < -0.3 is 19.6 Å². The Bertz CT molecular complexity index is 1590. The number of hydrogen-bond donors (Lipinski definition) is 3. The van der Waals surface area contributed by atoms with Gasteiger partial charge in [0.2, 0.25) is 0 Å². The number of aromatic nitrogens is 5. The molecular formula is C28H30N6O5. The first-order valence-electron chi connectivity index (χ1n) is 12.9. The van der Waals surface area contributed by atoms with Crippen molar-refractivity contribution in [2.75, 3.05) is 32.8 Å². The van der Waals surface area contributed by atoms with Crippen LogP contribution in [-0.2, 0) is 4.79 Å². The summed E-state index contributed by atoms with van der Waals surface area (Å²) in [5, 5.41) is 19.5. The number of aromatic amines is 2. The quantitative estimate of drug-likeness (QED) is 0.261. The number of carboxylic acid groups (broad SMARTS) is 1. The largest absolute Gasteiger partial charge is 0.493 e. The zero-order valence-electron chi connectivity index (χ0n) is 21.9. The van der Waals surface area contributed by atoms with Crippen molar-refractivity contribution in [2.24, 2.45) is 0 Å². The first-order chi connectivity index (χ1) is 18.9. The lowest BCUT2D eigenvalue weighted by molar-refractivity contribution is -0.132. The minimum absolute atomic E-state index is 0.133. The number of carboxylic acids is 1. The van der Waals surface area contributed by atoms with Gasteiger partial charge in [-0.3, -0.25) is 9.69 Å². The highest BCUT2D eigenvalue weighted by molar-refractivity contribution is 5.92. The molecule has 0 unspecified atom stereocenters. The summed E-state index contributed by atoms with van der Waals surface area (Å²) in [5.74, 6) is 0.506. The van der Waals surface area contributed by atoms with E-state index >= 15 is 0 Å². The van der Waals surface area contributed by atoms with E-state index in [1.54, 1.807) is 13.0 Å². The van der Waals surface area contributed by atoms with Crippen LogP contribution in [0, 0.1) is 0 Å². The van der Waals surface area contributed by atoms with Gasteiger partial charge in [0.25, 0.3) is 5.56 Å². The number of carbonyl (C=O) groups is 1. The summed E-state index contributed by atoms with van der Waals surface area (Å²) in [7, 11) is 0. The number of hydrogen-bond acceptors (Lipinski definition) is 8. The van der Waals surface area contributed by atoms with Crippen LogP contribution in [0.4, 0.5) is 0 Å². The van der Waals surface area contributed by atoms with Crippen LogP contribution in [-0.4, -0.2) is 74.2 Å². The molecule has 4 aromatic rings. The Labute approximate surface area is 224 Å². The highest BCUT2D eigenvalue weighted by Gasteiger charge is 2.16. The van der Waals surface area contributed by atoms with Gasteiger partial charge in [-0.1, -0.05) is 17.3 Å². The predicted molar refractivity (Wildman–Crippen MR) is 147 cm³/mol. The van der Waals surface area contributed by atoms with E-state index in [1.165, 1.54) is 12.8 Å². The average Bonchev–Trinajstić information content (AvgIpc) is 3.62. The van der Waals surface area contributed by atoms with Crippen LogP contribution >= 0.6 is 0 Å². The number of likely N-dealkylation sites (tertiary alicyclic amines) is 1. The summed E-state index contributed by atoms with van der Waals surface area (Å²) in [6, 6.07) is 11.3. The molecule has 39 heavy (non-hydrogen) atoms. The molecule has 2 aromatic heterocycles. The molecule has 1 fully saturated rings. The third kappa shape index (κ3) is 5.83. The molecule has 0 saturated carbocycles. The Morgan fingerprint density at radius 1 is 1.10 bits per heavy atom. The molecule has 202 valence electrons. The number of ether oxygens (including phenoxy) is 2. The molecule has 1 aliphatic rings. The second-order valence-electron chi connectivity index (χ2n) is 9.35. The van der Waals surface area contributed by atoms with Gasteiger partial charge in [0.05, 0.1) is 12.2 Å². The zero-order chi connectivity index (χ0) is 27.4. The fourth-order valence-corrected chi connectivity index (χ4v) is 4.62. The van der Waals surface area contributed by atoms with Gasteiger partial charge in [-0.05, 0) is 81.2 Å². The van der Waals surface area contributed by atoms with Crippen LogP contribution in [0.1, 0.15) is 32.3 Å². The number of nitrogens with zero attached hydrogens (tertiary/aromatic N) is 4. The van der Waals surface area contributed by atoms with Gasteiger partial charge in [0.1, 0.15) is 23.9 Å². The summed E-state index contributed by atoms with van der Waals surface area (Å²) in [6.45, 7) is 7.37. The number of rotatable bonds is 10. The molecule has 5 rings (SSSR count). The van der Waals surface area contributed by atoms with Crippen molar-refractivity contribution >= 4 is 23.2 Å². The van der Waals surface area contributed by atoms with Crippen LogP contribution in [0.2, 0.25) is 0 Å². The zero-order valence-corrected chi connectivity index (χ0v) is 21.9. The fraction of sp³-hybridized carbons (Fsp3) is 0.321. The highest BCUT2D eigenvalue weighted by Crippen LogP contribution is 2.35. The Morgan fingerprint density at radius 2 is 1.87 bits per heavy atom. The molecule has 0 radical (unpaired) electrons. The Balaban J connectivity index is 1.49. The fourth-order valence-electron chi connectivity index (χ4n) is 4.62. The van der Waals surface area contributed by atoms with Crippen LogP contribution in [0.5, 0.6) is 11.5 Å². The summed E-state index contributed by atoms with van der Waals surface area (Å²) in [5.41, 5.74) is 3.21. The molecule has 0 bridgehead atoms. The molecular weight excluding hydrogens is 500 g/mol. The summed E-state index contributed by atoms with van der Waals surface area (Å²) in [6.07, 6.45) is 4.05. The number of nitrogens with one attached hydrogen (secondary N) is 2. The van der Waals surface area contributed by atoms with Crippen molar-refractivity contribution in [1.82, 2.24) is 30.3 Å². The summed E-state index contributed by atoms with van der Waals surface area (Å²) < 4.78 is 12.0. The lowest BCUT2D eigenvalue weighted by Gasteiger charge is -2.17. The number of H-pyrrole nitrogens is 2. The van der Waals surface area contributed by atoms with Crippen molar-refractivity contribution in [3.63, 3.8) is 0 Å². The van der Waals surface area contributed by atoms with E-state index in [2.05, 4.69) is 30.3 Å². The van der Waals surface area contributed by atoms with Crippen molar-refractivity contribution in [2.45, 2.75) is 26.7 Å². The number of aliphatic carboxylic acids is 1. The Kier molecular flexibility index (Phi) is 7.69. The average molecular weight is 531 g/mol. The summed E-state index contributed by atoms with van der Waals surface area (Å²) in [4.78, 5) is 33.5. The van der Waals surface area contributed by atoms with E-state index in [9.17, 15) is 14.7 Å². The minimum Gasteiger partial charge on any atom is -0.493 e. The topological polar surface area (TPSA) is 146 Å². The normalized spacial score (nSPS) is 14.2. The van der Waals surface area contributed by atoms with E-state index < -0.39 is 11.5 Å². The summed E-state index contributed by atoms with van der Waals surface area (Å²) >= 11 is 0. The molecule has 3 N–H and O–H groups in total. The first-order valence-corrected chi connectivity index (χ1v) is 12.9. The lowest BCUT2D eigenvalue weighted by atomic mass is 9.99. The first kappa shape index (κ1) is 26.1. The maximum atomic E-state index is 12.4.